The van der Waals surface area contributed by atoms with Gasteiger partial charge in [0.25, 0.3) is 0 Å². The van der Waals surface area contributed by atoms with Crippen LogP contribution in [0.5, 0.6) is 0 Å². The van der Waals surface area contributed by atoms with Crippen LogP contribution in [-0.2, 0) is 16.3 Å². The number of benzene rings is 2. The monoisotopic (exact) mass is 356 g/mol. The molecule has 0 fully saturated rings. The molecule has 0 heterocycles. The topological polar surface area (TPSA) is 34.1 Å². The van der Waals surface area contributed by atoms with Crippen LogP contribution in [-0.4, -0.2) is 8.42 Å². The maximum Gasteiger partial charge on any atom is 0.185 e. The fraction of sp³-hybridized carbons (Fsp3) is 0.294. The van der Waals surface area contributed by atoms with Gasteiger partial charge < -0.3 is 0 Å². The Kier molecular flexibility index (Phi) is 4.43. The smallest absolute Gasteiger partial charge is 0.185 e. The van der Waals surface area contributed by atoms with Crippen molar-refractivity contribution in [2.75, 3.05) is 0 Å². The summed E-state index contributed by atoms with van der Waals surface area (Å²) >= 11 is 5.80. The van der Waals surface area contributed by atoms with E-state index in [4.69, 9.17) is 11.6 Å². The summed E-state index contributed by atoms with van der Waals surface area (Å²) in [4.78, 5) is 0.115. The highest BCUT2D eigenvalue weighted by atomic mass is 35.5. The normalized spacial score (nSPS) is 18.3. The third-order valence-electron chi connectivity index (χ3n) is 4.20. The SMILES string of the molecule is O=S(=O)(c1ccc(Cl)cc1)C1CCCCc2c(F)cc(F)cc21. The number of hydrogen-bond donors (Lipinski definition) is 0. The number of halogens is 3. The molecule has 0 aliphatic heterocycles. The zero-order valence-corrected chi connectivity index (χ0v) is 13.8. The molecule has 0 N–H and O–H groups in total. The van der Waals surface area contributed by atoms with E-state index < -0.39 is 26.7 Å². The summed E-state index contributed by atoms with van der Waals surface area (Å²) < 4.78 is 53.6. The Morgan fingerprint density at radius 3 is 2.43 bits per heavy atom. The summed E-state index contributed by atoms with van der Waals surface area (Å²) in [5.41, 5.74) is 0.557. The second-order valence-electron chi connectivity index (χ2n) is 5.69. The molecule has 1 aliphatic carbocycles. The molecule has 2 aromatic rings. The maximum atomic E-state index is 14.1. The molecule has 23 heavy (non-hydrogen) atoms. The molecule has 2 nitrogen and oxygen atoms in total. The lowest BCUT2D eigenvalue weighted by atomic mass is 10.0. The second-order valence-corrected chi connectivity index (χ2v) is 8.26. The second kappa shape index (κ2) is 6.21. The molecule has 0 saturated heterocycles. The largest absolute Gasteiger partial charge is 0.223 e. The number of rotatable bonds is 2. The number of sulfone groups is 1. The first-order chi connectivity index (χ1) is 10.9. The highest BCUT2D eigenvalue weighted by Gasteiger charge is 2.33. The van der Waals surface area contributed by atoms with Gasteiger partial charge in [0.05, 0.1) is 10.1 Å². The standard InChI is InChI=1S/C17H15ClF2O2S/c18-11-5-7-13(8-6-11)23(21,22)17-4-2-1-3-14-15(17)9-12(19)10-16(14)20/h5-10,17H,1-4H2. The van der Waals surface area contributed by atoms with E-state index in [0.29, 0.717) is 36.3 Å². The van der Waals surface area contributed by atoms with Crippen molar-refractivity contribution in [3.8, 4) is 0 Å². The van der Waals surface area contributed by atoms with Gasteiger partial charge in [-0.1, -0.05) is 18.0 Å². The molecule has 0 bridgehead atoms. The molecular formula is C17H15ClF2O2S. The molecule has 0 amide bonds. The van der Waals surface area contributed by atoms with Gasteiger partial charge in [-0.2, -0.15) is 0 Å². The Hall–Kier alpha value is -1.46. The van der Waals surface area contributed by atoms with E-state index >= 15 is 0 Å². The van der Waals surface area contributed by atoms with Crippen LogP contribution < -0.4 is 0 Å². The molecule has 1 unspecified atom stereocenters. The minimum absolute atomic E-state index is 0.115. The zero-order valence-electron chi connectivity index (χ0n) is 12.2. The maximum absolute atomic E-state index is 14.1. The summed E-state index contributed by atoms with van der Waals surface area (Å²) in [6.45, 7) is 0. The first-order valence-corrected chi connectivity index (χ1v) is 9.29. The first-order valence-electron chi connectivity index (χ1n) is 7.37. The Morgan fingerprint density at radius 1 is 1.04 bits per heavy atom. The fourth-order valence-corrected chi connectivity index (χ4v) is 5.06. The van der Waals surface area contributed by atoms with Crippen molar-refractivity contribution >= 4 is 21.4 Å². The van der Waals surface area contributed by atoms with Gasteiger partial charge in [0.2, 0.25) is 0 Å². The molecule has 6 heteroatoms. The van der Waals surface area contributed by atoms with Crippen molar-refractivity contribution in [3.63, 3.8) is 0 Å². The van der Waals surface area contributed by atoms with Gasteiger partial charge in [-0.3, -0.25) is 0 Å². The Morgan fingerprint density at radius 2 is 1.74 bits per heavy atom. The van der Waals surface area contributed by atoms with Crippen LogP contribution in [0.15, 0.2) is 41.3 Å². The van der Waals surface area contributed by atoms with Gasteiger partial charge in [-0.25, -0.2) is 17.2 Å². The molecule has 122 valence electrons. The fourth-order valence-electron chi connectivity index (χ4n) is 3.07. The zero-order chi connectivity index (χ0) is 16.6. The quantitative estimate of drug-likeness (QED) is 0.720. The minimum atomic E-state index is -3.74. The summed E-state index contributed by atoms with van der Waals surface area (Å²) in [5.74, 6) is -1.42. The lowest BCUT2D eigenvalue weighted by molar-refractivity contribution is 0.562. The Bertz CT molecular complexity index is 832. The average Bonchev–Trinajstić information content (AvgIpc) is 2.70. The van der Waals surface area contributed by atoms with Gasteiger partial charge >= 0.3 is 0 Å². The molecule has 3 rings (SSSR count). The van der Waals surface area contributed by atoms with Crippen LogP contribution in [0.25, 0.3) is 0 Å². The summed E-state index contributed by atoms with van der Waals surface area (Å²) in [7, 11) is -3.74. The lowest BCUT2D eigenvalue weighted by Gasteiger charge is -2.19. The van der Waals surface area contributed by atoms with Gasteiger partial charge in [0, 0.05) is 11.1 Å². The summed E-state index contributed by atoms with van der Waals surface area (Å²) in [5, 5.41) is -0.506. The predicted molar refractivity (Wildman–Crippen MR) is 85.3 cm³/mol. The molecule has 1 aliphatic rings. The summed E-state index contributed by atoms with van der Waals surface area (Å²) in [6.07, 6.45) is 2.10. The lowest BCUT2D eigenvalue weighted by Crippen LogP contribution is -2.15. The highest BCUT2D eigenvalue weighted by Crippen LogP contribution is 2.39. The van der Waals surface area contributed by atoms with Crippen molar-refractivity contribution in [2.24, 2.45) is 0 Å². The van der Waals surface area contributed by atoms with Gasteiger partial charge in [-0.15, -0.1) is 0 Å². The van der Waals surface area contributed by atoms with E-state index in [0.717, 1.165) is 12.1 Å². The van der Waals surface area contributed by atoms with Crippen molar-refractivity contribution in [1.29, 1.82) is 0 Å². The summed E-state index contributed by atoms with van der Waals surface area (Å²) in [6, 6.07) is 7.82. The molecule has 0 aromatic heterocycles. The van der Waals surface area contributed by atoms with Crippen LogP contribution in [0.3, 0.4) is 0 Å². The molecule has 1 atom stereocenters. The van der Waals surface area contributed by atoms with Gasteiger partial charge in [0.15, 0.2) is 9.84 Å². The molecule has 2 aromatic carbocycles. The van der Waals surface area contributed by atoms with E-state index in [9.17, 15) is 17.2 Å². The van der Waals surface area contributed by atoms with Crippen molar-refractivity contribution in [2.45, 2.75) is 35.8 Å². The van der Waals surface area contributed by atoms with E-state index in [2.05, 4.69) is 0 Å². The third-order valence-corrected chi connectivity index (χ3v) is 6.62. The Balaban J connectivity index is 2.15. The van der Waals surface area contributed by atoms with Crippen LogP contribution in [0, 0.1) is 11.6 Å². The minimum Gasteiger partial charge on any atom is -0.223 e. The average molecular weight is 357 g/mol. The van der Waals surface area contributed by atoms with Gasteiger partial charge in [0.1, 0.15) is 11.6 Å². The van der Waals surface area contributed by atoms with Crippen molar-refractivity contribution in [1.82, 2.24) is 0 Å². The highest BCUT2D eigenvalue weighted by molar-refractivity contribution is 7.91. The van der Waals surface area contributed by atoms with E-state index in [1.54, 1.807) is 0 Å². The first kappa shape index (κ1) is 16.4. The number of fused-ring (bicyclic) bond motifs is 1. The Labute approximate surface area is 139 Å². The number of hydrogen-bond acceptors (Lipinski definition) is 2. The van der Waals surface area contributed by atoms with Crippen LogP contribution in [0.2, 0.25) is 5.02 Å². The van der Waals surface area contributed by atoms with Crippen molar-refractivity contribution in [3.05, 3.63) is 64.2 Å². The molecule has 0 saturated carbocycles. The van der Waals surface area contributed by atoms with Gasteiger partial charge in [-0.05, 0) is 60.7 Å². The van der Waals surface area contributed by atoms with E-state index in [1.807, 2.05) is 0 Å². The van der Waals surface area contributed by atoms with Crippen LogP contribution >= 0.6 is 11.6 Å². The molecule has 0 spiro atoms. The molecular weight excluding hydrogens is 342 g/mol. The third kappa shape index (κ3) is 3.12. The molecule has 0 radical (unpaired) electrons. The predicted octanol–water partition coefficient (Wildman–Crippen LogP) is 4.86. The van der Waals surface area contributed by atoms with E-state index in [-0.39, 0.29) is 10.5 Å². The van der Waals surface area contributed by atoms with Crippen LogP contribution in [0.4, 0.5) is 8.78 Å². The van der Waals surface area contributed by atoms with E-state index in [1.165, 1.54) is 24.3 Å². The van der Waals surface area contributed by atoms with Crippen LogP contribution in [0.1, 0.15) is 35.6 Å². The van der Waals surface area contributed by atoms with Crippen molar-refractivity contribution < 1.29 is 17.2 Å².